The number of hydrogen-bond donors (Lipinski definition) is 1. The molecule has 0 bridgehead atoms. The topological polar surface area (TPSA) is 114 Å². The van der Waals surface area contributed by atoms with Crippen molar-refractivity contribution >= 4 is 21.8 Å². The van der Waals surface area contributed by atoms with E-state index in [0.29, 0.717) is 50.6 Å². The lowest BCUT2D eigenvalue weighted by molar-refractivity contribution is -0.143. The van der Waals surface area contributed by atoms with Crippen LogP contribution in [0.25, 0.3) is 0 Å². The standard InChI is InChI=1S/C36H39N3O7S/c1-44-31-14-12-28(13-15-31)20-21-37-36(41)35(30-10-6-3-7-11-30)39(26-29-8-4-2-5-9-29)34(40)27-46-32-16-18-33(19-17-32)47(42,43)38-22-24-45-25-23-38/h2-19,35H,20-27H2,1H3,(H,37,41). The molecular formula is C36H39N3O7S. The molecule has 1 unspecified atom stereocenters. The van der Waals surface area contributed by atoms with E-state index in [-0.39, 0.29) is 24.0 Å². The van der Waals surface area contributed by atoms with Crippen molar-refractivity contribution in [1.29, 1.82) is 0 Å². The molecule has 0 radical (unpaired) electrons. The summed E-state index contributed by atoms with van der Waals surface area (Å²) >= 11 is 0. The number of morpholine rings is 1. The largest absolute Gasteiger partial charge is 0.497 e. The van der Waals surface area contributed by atoms with Crippen LogP contribution in [0.3, 0.4) is 0 Å². The summed E-state index contributed by atoms with van der Waals surface area (Å²) in [6.45, 7) is 1.49. The van der Waals surface area contributed by atoms with E-state index in [1.807, 2.05) is 84.9 Å². The molecule has 1 aliphatic heterocycles. The van der Waals surface area contributed by atoms with Crippen LogP contribution in [0.5, 0.6) is 11.5 Å². The minimum Gasteiger partial charge on any atom is -0.497 e. The normalized spacial score (nSPS) is 14.1. The van der Waals surface area contributed by atoms with E-state index in [4.69, 9.17) is 14.2 Å². The van der Waals surface area contributed by atoms with E-state index in [1.54, 1.807) is 7.11 Å². The van der Waals surface area contributed by atoms with Crippen LogP contribution in [0.1, 0.15) is 22.7 Å². The lowest BCUT2D eigenvalue weighted by Crippen LogP contribution is -2.45. The van der Waals surface area contributed by atoms with Gasteiger partial charge in [0.15, 0.2) is 6.61 Å². The van der Waals surface area contributed by atoms with Gasteiger partial charge in [-0.2, -0.15) is 4.31 Å². The van der Waals surface area contributed by atoms with Crippen LogP contribution in [-0.4, -0.2) is 76.0 Å². The lowest BCUT2D eigenvalue weighted by Gasteiger charge is -2.31. The summed E-state index contributed by atoms with van der Waals surface area (Å²) in [6.07, 6.45) is 0.601. The van der Waals surface area contributed by atoms with Crippen molar-refractivity contribution in [2.45, 2.75) is 23.9 Å². The zero-order valence-electron chi connectivity index (χ0n) is 26.3. The Morgan fingerprint density at radius 2 is 1.45 bits per heavy atom. The lowest BCUT2D eigenvalue weighted by atomic mass is 10.0. The van der Waals surface area contributed by atoms with Crippen molar-refractivity contribution in [3.8, 4) is 11.5 Å². The number of sulfonamides is 1. The Hall–Kier alpha value is -4.71. The highest BCUT2D eigenvalue weighted by Gasteiger charge is 2.32. The van der Waals surface area contributed by atoms with Gasteiger partial charge >= 0.3 is 0 Å². The summed E-state index contributed by atoms with van der Waals surface area (Å²) in [7, 11) is -2.05. The fourth-order valence-electron chi connectivity index (χ4n) is 5.30. The number of carbonyl (C=O) groups is 2. The van der Waals surface area contributed by atoms with Crippen LogP contribution in [-0.2, 0) is 37.3 Å². The van der Waals surface area contributed by atoms with Crippen molar-refractivity contribution in [3.05, 3.63) is 126 Å². The van der Waals surface area contributed by atoms with E-state index in [0.717, 1.165) is 16.9 Å². The first-order valence-corrected chi connectivity index (χ1v) is 16.9. The summed E-state index contributed by atoms with van der Waals surface area (Å²) in [5, 5.41) is 3.03. The molecule has 1 N–H and O–H groups in total. The predicted octanol–water partition coefficient (Wildman–Crippen LogP) is 4.22. The first kappa shape index (κ1) is 33.6. The predicted molar refractivity (Wildman–Crippen MR) is 177 cm³/mol. The second-order valence-corrected chi connectivity index (χ2v) is 12.9. The van der Waals surface area contributed by atoms with Gasteiger partial charge in [-0.3, -0.25) is 9.59 Å². The van der Waals surface area contributed by atoms with Crippen molar-refractivity contribution in [3.63, 3.8) is 0 Å². The van der Waals surface area contributed by atoms with E-state index >= 15 is 0 Å². The summed E-state index contributed by atoms with van der Waals surface area (Å²) < 4.78 is 43.8. The SMILES string of the molecule is COc1ccc(CCNC(=O)C(c2ccccc2)N(Cc2ccccc2)C(=O)COc2ccc(S(=O)(=O)N3CCOCC3)cc2)cc1. The van der Waals surface area contributed by atoms with E-state index in [2.05, 4.69) is 5.32 Å². The smallest absolute Gasteiger partial charge is 0.261 e. The molecule has 1 atom stereocenters. The number of carbonyl (C=O) groups excluding carboxylic acids is 2. The van der Waals surface area contributed by atoms with Crippen molar-refractivity contribution < 1.29 is 32.2 Å². The number of hydrogen-bond acceptors (Lipinski definition) is 7. The summed E-state index contributed by atoms with van der Waals surface area (Å²) in [5.41, 5.74) is 2.55. The molecule has 246 valence electrons. The Morgan fingerprint density at radius 1 is 0.830 bits per heavy atom. The van der Waals surface area contributed by atoms with Gasteiger partial charge in [-0.1, -0.05) is 72.8 Å². The van der Waals surface area contributed by atoms with Crippen molar-refractivity contribution in [1.82, 2.24) is 14.5 Å². The Bertz CT molecular complexity index is 1700. The zero-order valence-corrected chi connectivity index (χ0v) is 27.1. The molecule has 0 aliphatic carbocycles. The molecule has 4 aromatic rings. The first-order chi connectivity index (χ1) is 22.8. The zero-order chi connectivity index (χ0) is 33.1. The highest BCUT2D eigenvalue weighted by molar-refractivity contribution is 7.89. The number of methoxy groups -OCH3 is 1. The van der Waals surface area contributed by atoms with Crippen LogP contribution in [0, 0.1) is 0 Å². The fraction of sp³-hybridized carbons (Fsp3) is 0.278. The van der Waals surface area contributed by atoms with Crippen molar-refractivity contribution in [2.75, 3.05) is 46.6 Å². The summed E-state index contributed by atoms with van der Waals surface area (Å²) in [6, 6.07) is 31.4. The molecule has 5 rings (SSSR count). The van der Waals surface area contributed by atoms with Gasteiger partial charge < -0.3 is 24.4 Å². The van der Waals surface area contributed by atoms with Gasteiger partial charge in [0, 0.05) is 26.2 Å². The van der Waals surface area contributed by atoms with E-state index in [9.17, 15) is 18.0 Å². The van der Waals surface area contributed by atoms with E-state index < -0.39 is 22.0 Å². The average Bonchev–Trinajstić information content (AvgIpc) is 3.12. The van der Waals surface area contributed by atoms with Crippen LogP contribution in [0.4, 0.5) is 0 Å². The Morgan fingerprint density at radius 3 is 2.09 bits per heavy atom. The maximum atomic E-state index is 13.9. The van der Waals surface area contributed by atoms with Gasteiger partial charge in [-0.15, -0.1) is 0 Å². The third-order valence-electron chi connectivity index (χ3n) is 7.86. The number of ether oxygens (including phenoxy) is 3. The van der Waals surface area contributed by atoms with Gasteiger partial charge in [0.2, 0.25) is 15.9 Å². The molecule has 11 heteroatoms. The van der Waals surface area contributed by atoms with Gasteiger partial charge in [-0.05, 0) is 59.5 Å². The van der Waals surface area contributed by atoms with Crippen molar-refractivity contribution in [2.24, 2.45) is 0 Å². The number of rotatable bonds is 14. The molecule has 1 fully saturated rings. The van der Waals surface area contributed by atoms with Gasteiger partial charge in [-0.25, -0.2) is 8.42 Å². The molecule has 1 heterocycles. The maximum Gasteiger partial charge on any atom is 0.261 e. The highest BCUT2D eigenvalue weighted by atomic mass is 32.2. The number of benzene rings is 4. The summed E-state index contributed by atoms with van der Waals surface area (Å²) in [5.74, 6) is 0.372. The van der Waals surface area contributed by atoms with Crippen LogP contribution in [0.15, 0.2) is 114 Å². The maximum absolute atomic E-state index is 13.9. The Labute approximate surface area is 275 Å². The minimum absolute atomic E-state index is 0.138. The molecule has 1 aliphatic rings. The minimum atomic E-state index is -3.67. The third kappa shape index (κ3) is 8.97. The molecule has 47 heavy (non-hydrogen) atoms. The molecule has 0 aromatic heterocycles. The number of nitrogens with zero attached hydrogens (tertiary/aromatic N) is 2. The first-order valence-electron chi connectivity index (χ1n) is 15.4. The third-order valence-corrected chi connectivity index (χ3v) is 9.77. The molecule has 1 saturated heterocycles. The second kappa shape index (κ2) is 16.2. The van der Waals surface area contributed by atoms with Crippen LogP contribution >= 0.6 is 0 Å². The molecule has 2 amide bonds. The van der Waals surface area contributed by atoms with Crippen LogP contribution < -0.4 is 14.8 Å². The monoisotopic (exact) mass is 657 g/mol. The average molecular weight is 658 g/mol. The number of amides is 2. The molecule has 0 spiro atoms. The summed E-state index contributed by atoms with van der Waals surface area (Å²) in [4.78, 5) is 29.5. The Kier molecular flexibility index (Phi) is 11.6. The van der Waals surface area contributed by atoms with E-state index in [1.165, 1.54) is 33.5 Å². The molecule has 4 aromatic carbocycles. The van der Waals surface area contributed by atoms with Gasteiger partial charge in [0.05, 0.1) is 25.2 Å². The molecule has 10 nitrogen and oxygen atoms in total. The Balaban J connectivity index is 1.32. The van der Waals surface area contributed by atoms with Gasteiger partial charge in [0.1, 0.15) is 17.5 Å². The highest BCUT2D eigenvalue weighted by Crippen LogP contribution is 2.25. The second-order valence-electron chi connectivity index (χ2n) is 11.0. The van der Waals surface area contributed by atoms with Crippen LogP contribution in [0.2, 0.25) is 0 Å². The van der Waals surface area contributed by atoms with Gasteiger partial charge in [0.25, 0.3) is 5.91 Å². The molecular weight excluding hydrogens is 618 g/mol. The quantitative estimate of drug-likeness (QED) is 0.216. The molecule has 0 saturated carbocycles. The fourth-order valence-corrected chi connectivity index (χ4v) is 6.71. The number of nitrogens with one attached hydrogen (secondary N) is 1.